The molecule has 1 atom stereocenters. The second-order valence-corrected chi connectivity index (χ2v) is 5.18. The molecule has 2 aromatic rings. The number of hydrogen-bond acceptors (Lipinski definition) is 5. The van der Waals surface area contributed by atoms with Gasteiger partial charge in [-0.2, -0.15) is 0 Å². The summed E-state index contributed by atoms with van der Waals surface area (Å²) in [6.45, 7) is 0. The molecule has 0 aliphatic carbocycles. The van der Waals surface area contributed by atoms with Gasteiger partial charge in [0.1, 0.15) is 11.3 Å². The van der Waals surface area contributed by atoms with Crippen molar-refractivity contribution in [1.82, 2.24) is 5.32 Å². The number of aromatic carboxylic acids is 1. The third-order valence-corrected chi connectivity index (χ3v) is 3.50. The second kappa shape index (κ2) is 7.63. The highest BCUT2D eigenvalue weighted by atomic mass is 16.4. The van der Waals surface area contributed by atoms with Crippen LogP contribution in [0.2, 0.25) is 0 Å². The fourth-order valence-corrected chi connectivity index (χ4v) is 2.24. The summed E-state index contributed by atoms with van der Waals surface area (Å²) in [5, 5.41) is 40.4. The van der Waals surface area contributed by atoms with Crippen LogP contribution in [-0.2, 0) is 6.42 Å². The van der Waals surface area contributed by atoms with Gasteiger partial charge in [0, 0.05) is 5.56 Å². The van der Waals surface area contributed by atoms with E-state index < -0.39 is 30.7 Å². The Hall–Kier alpha value is -2.84. The highest BCUT2D eigenvalue weighted by Crippen LogP contribution is 2.24. The molecule has 0 radical (unpaired) electrons. The number of carboxylic acids is 1. The van der Waals surface area contributed by atoms with E-state index in [0.29, 0.717) is 5.56 Å². The van der Waals surface area contributed by atoms with Crippen LogP contribution in [0.15, 0.2) is 48.5 Å². The van der Waals surface area contributed by atoms with Crippen LogP contribution in [0.4, 0.5) is 0 Å². The Balaban J connectivity index is 2.19. The molecule has 1 amide bonds. The summed E-state index contributed by atoms with van der Waals surface area (Å²) >= 11 is 0. The van der Waals surface area contributed by atoms with Gasteiger partial charge >= 0.3 is 13.1 Å². The molecule has 0 saturated heterocycles. The first-order chi connectivity index (χ1) is 11.4. The lowest BCUT2D eigenvalue weighted by molar-refractivity contribution is 0.0693. The Kier molecular flexibility index (Phi) is 5.57. The zero-order chi connectivity index (χ0) is 17.7. The standard InChI is InChI=1S/C16H16BNO6/c19-14-11(7-4-8-12(14)16(21)22)9-13(17(23)24)18-15(20)10-5-2-1-3-6-10/h1-8,13,19,23-24H,9H2,(H,18,20)(H,21,22)/t13-/m0/s1. The minimum absolute atomic E-state index is 0.150. The number of hydrogen-bond donors (Lipinski definition) is 5. The van der Waals surface area contributed by atoms with Crippen molar-refractivity contribution >= 4 is 19.0 Å². The van der Waals surface area contributed by atoms with Gasteiger partial charge in [-0.15, -0.1) is 0 Å². The molecule has 2 rings (SSSR count). The maximum absolute atomic E-state index is 12.1. The van der Waals surface area contributed by atoms with E-state index >= 15 is 0 Å². The van der Waals surface area contributed by atoms with E-state index in [-0.39, 0.29) is 17.5 Å². The van der Waals surface area contributed by atoms with Gasteiger partial charge in [0.15, 0.2) is 0 Å². The van der Waals surface area contributed by atoms with E-state index in [1.54, 1.807) is 30.3 Å². The molecule has 7 nitrogen and oxygen atoms in total. The maximum Gasteiger partial charge on any atom is 0.475 e. The molecule has 5 N–H and O–H groups in total. The van der Waals surface area contributed by atoms with Crippen molar-refractivity contribution in [3.63, 3.8) is 0 Å². The first kappa shape index (κ1) is 17.5. The lowest BCUT2D eigenvalue weighted by Gasteiger charge is -2.19. The molecule has 0 bridgehead atoms. The second-order valence-electron chi connectivity index (χ2n) is 5.18. The van der Waals surface area contributed by atoms with Gasteiger partial charge in [-0.25, -0.2) is 4.79 Å². The number of benzene rings is 2. The lowest BCUT2D eigenvalue weighted by Crippen LogP contribution is -2.47. The molecule has 0 fully saturated rings. The summed E-state index contributed by atoms with van der Waals surface area (Å²) in [4.78, 5) is 23.1. The smallest absolute Gasteiger partial charge is 0.475 e. The topological polar surface area (TPSA) is 127 Å². The van der Waals surface area contributed by atoms with Gasteiger partial charge in [-0.05, 0) is 30.2 Å². The van der Waals surface area contributed by atoms with E-state index in [1.165, 1.54) is 18.2 Å². The molecule has 0 aromatic heterocycles. The van der Waals surface area contributed by atoms with Gasteiger partial charge in [0.2, 0.25) is 0 Å². The number of nitrogens with one attached hydrogen (secondary N) is 1. The molecule has 8 heteroatoms. The highest BCUT2D eigenvalue weighted by Gasteiger charge is 2.27. The third-order valence-electron chi connectivity index (χ3n) is 3.50. The normalized spacial score (nSPS) is 11.6. The van der Waals surface area contributed by atoms with Crippen LogP contribution in [0.3, 0.4) is 0 Å². The Bertz CT molecular complexity index is 735. The van der Waals surface area contributed by atoms with E-state index in [0.717, 1.165) is 0 Å². The Morgan fingerprint density at radius 2 is 1.71 bits per heavy atom. The van der Waals surface area contributed by atoms with Crippen LogP contribution in [0.5, 0.6) is 5.75 Å². The molecule has 0 aliphatic rings. The van der Waals surface area contributed by atoms with E-state index in [4.69, 9.17) is 5.11 Å². The van der Waals surface area contributed by atoms with E-state index in [1.807, 2.05) is 0 Å². The molecule has 0 heterocycles. The SMILES string of the molecule is O=C(N[C@@H](Cc1cccc(C(=O)O)c1O)B(O)O)c1ccccc1. The summed E-state index contributed by atoms with van der Waals surface area (Å²) in [7, 11) is -1.88. The summed E-state index contributed by atoms with van der Waals surface area (Å²) in [5.41, 5.74) is 0.223. The van der Waals surface area contributed by atoms with Gasteiger partial charge in [-0.1, -0.05) is 30.3 Å². The zero-order valence-electron chi connectivity index (χ0n) is 12.6. The van der Waals surface area contributed by atoms with Gasteiger partial charge in [0.25, 0.3) is 5.91 Å². The van der Waals surface area contributed by atoms with Crippen molar-refractivity contribution in [1.29, 1.82) is 0 Å². The number of phenols is 1. The molecule has 0 saturated carbocycles. The van der Waals surface area contributed by atoms with Crippen LogP contribution in [0, 0.1) is 0 Å². The van der Waals surface area contributed by atoms with E-state index in [2.05, 4.69) is 5.32 Å². The van der Waals surface area contributed by atoms with Crippen molar-refractivity contribution in [3.05, 3.63) is 65.2 Å². The Morgan fingerprint density at radius 1 is 1.04 bits per heavy atom. The quantitative estimate of drug-likeness (QED) is 0.490. The molecule has 24 heavy (non-hydrogen) atoms. The van der Waals surface area contributed by atoms with Crippen LogP contribution >= 0.6 is 0 Å². The molecular weight excluding hydrogens is 313 g/mol. The first-order valence-corrected chi connectivity index (χ1v) is 7.16. The molecule has 0 spiro atoms. The third kappa shape index (κ3) is 4.12. The number of aromatic hydroxyl groups is 1. The predicted octanol–water partition coefficient (Wildman–Crippen LogP) is 0.443. The molecule has 0 unspecified atom stereocenters. The number of carbonyl (C=O) groups is 2. The van der Waals surface area contributed by atoms with Gasteiger partial charge < -0.3 is 25.6 Å². The van der Waals surface area contributed by atoms with Crippen LogP contribution < -0.4 is 5.32 Å². The number of para-hydroxylation sites is 1. The minimum Gasteiger partial charge on any atom is -0.507 e. The number of rotatable bonds is 6. The first-order valence-electron chi connectivity index (χ1n) is 7.16. The van der Waals surface area contributed by atoms with Crippen LogP contribution in [0.25, 0.3) is 0 Å². The van der Waals surface area contributed by atoms with Crippen molar-refractivity contribution in [2.24, 2.45) is 0 Å². The average molecular weight is 329 g/mol. The molecule has 124 valence electrons. The van der Waals surface area contributed by atoms with Gasteiger partial charge in [0.05, 0.1) is 5.94 Å². The van der Waals surface area contributed by atoms with Crippen molar-refractivity contribution in [2.45, 2.75) is 12.4 Å². The largest absolute Gasteiger partial charge is 0.507 e. The Labute approximate surface area is 138 Å². The van der Waals surface area contributed by atoms with Gasteiger partial charge in [-0.3, -0.25) is 4.79 Å². The number of amides is 1. The summed E-state index contributed by atoms with van der Waals surface area (Å²) in [6, 6.07) is 12.3. The minimum atomic E-state index is -1.88. The molecule has 0 aliphatic heterocycles. The lowest BCUT2D eigenvalue weighted by atomic mass is 9.75. The molecular formula is C16H16BNO6. The fourth-order valence-electron chi connectivity index (χ4n) is 2.24. The fraction of sp³-hybridized carbons (Fsp3) is 0.125. The molecule has 2 aromatic carbocycles. The van der Waals surface area contributed by atoms with Crippen LogP contribution in [-0.4, -0.2) is 45.2 Å². The maximum atomic E-state index is 12.1. The van der Waals surface area contributed by atoms with Crippen LogP contribution in [0.1, 0.15) is 26.3 Å². The summed E-state index contributed by atoms with van der Waals surface area (Å²) < 4.78 is 0. The predicted molar refractivity (Wildman–Crippen MR) is 86.7 cm³/mol. The average Bonchev–Trinajstić information content (AvgIpc) is 2.56. The summed E-state index contributed by atoms with van der Waals surface area (Å²) in [5.74, 6) is -3.40. The number of carboxylic acid groups (broad SMARTS) is 1. The van der Waals surface area contributed by atoms with E-state index in [9.17, 15) is 24.7 Å². The summed E-state index contributed by atoms with van der Waals surface area (Å²) in [6.07, 6.45) is -0.150. The highest BCUT2D eigenvalue weighted by molar-refractivity contribution is 6.43. The number of carbonyl (C=O) groups excluding carboxylic acids is 1. The van der Waals surface area contributed by atoms with Crippen molar-refractivity contribution < 1.29 is 29.9 Å². The van der Waals surface area contributed by atoms with Crippen molar-refractivity contribution in [3.8, 4) is 5.75 Å². The monoisotopic (exact) mass is 329 g/mol. The van der Waals surface area contributed by atoms with Crippen molar-refractivity contribution in [2.75, 3.05) is 0 Å². The Morgan fingerprint density at radius 3 is 2.29 bits per heavy atom. The zero-order valence-corrected chi connectivity index (χ0v) is 12.6.